The molecule has 2 aromatic rings. The van der Waals surface area contributed by atoms with Gasteiger partial charge in [0.1, 0.15) is 11.6 Å². The zero-order valence-corrected chi connectivity index (χ0v) is 9.41. The number of alkyl halides is 3. The molecule has 0 atom stereocenters. The van der Waals surface area contributed by atoms with E-state index >= 15 is 0 Å². The van der Waals surface area contributed by atoms with Gasteiger partial charge in [-0.05, 0) is 18.2 Å². The Hall–Kier alpha value is -2.31. The molecule has 0 amide bonds. The highest BCUT2D eigenvalue weighted by molar-refractivity contribution is 5.46. The van der Waals surface area contributed by atoms with Crippen molar-refractivity contribution in [2.45, 2.75) is 6.18 Å². The molecule has 0 unspecified atom stereocenters. The lowest BCUT2D eigenvalue weighted by atomic mass is 10.3. The van der Waals surface area contributed by atoms with E-state index in [4.69, 9.17) is 10.5 Å². The van der Waals surface area contributed by atoms with E-state index in [0.29, 0.717) is 6.20 Å². The van der Waals surface area contributed by atoms with Gasteiger partial charge in [-0.3, -0.25) is 0 Å². The fraction of sp³-hybridized carbons (Fsp3) is 0.0833. The molecule has 0 aliphatic heterocycles. The molecule has 1 aromatic heterocycles. The van der Waals surface area contributed by atoms with Crippen LogP contribution in [0.3, 0.4) is 0 Å². The first-order chi connectivity index (χ1) is 8.86. The van der Waals surface area contributed by atoms with Gasteiger partial charge < -0.3 is 10.5 Å². The fourth-order valence-corrected chi connectivity index (χ4v) is 1.31. The van der Waals surface area contributed by atoms with Crippen molar-refractivity contribution in [3.63, 3.8) is 0 Å². The number of hydrogen-bond acceptors (Lipinski definition) is 3. The number of aromatic nitrogens is 1. The number of halogens is 4. The number of rotatable bonds is 2. The summed E-state index contributed by atoms with van der Waals surface area (Å²) in [5, 5.41) is 0. The Balaban J connectivity index is 2.17. The standard InChI is InChI=1S/C12H8F4N2O/c13-9-3-2-8(5-10(9)17)19-11-4-1-7(6-18-11)12(14,15)16/h1-6H,17H2. The minimum atomic E-state index is -4.45. The monoisotopic (exact) mass is 272 g/mol. The molecule has 0 bridgehead atoms. The average Bonchev–Trinajstić information content (AvgIpc) is 2.33. The Bertz CT molecular complexity index is 581. The Labute approximate surface area is 105 Å². The van der Waals surface area contributed by atoms with Gasteiger partial charge in [0, 0.05) is 18.3 Å². The molecule has 100 valence electrons. The number of nitrogen functional groups attached to an aromatic ring is 1. The third-order valence-corrected chi connectivity index (χ3v) is 2.25. The molecule has 2 rings (SSSR count). The number of anilines is 1. The number of pyridine rings is 1. The second-order valence-corrected chi connectivity index (χ2v) is 3.67. The van der Waals surface area contributed by atoms with Crippen molar-refractivity contribution < 1.29 is 22.3 Å². The molecule has 2 N–H and O–H groups in total. The molecule has 7 heteroatoms. The molecule has 0 fully saturated rings. The highest BCUT2D eigenvalue weighted by Gasteiger charge is 2.30. The van der Waals surface area contributed by atoms with E-state index in [9.17, 15) is 17.6 Å². The van der Waals surface area contributed by atoms with Crippen LogP contribution in [0.1, 0.15) is 5.56 Å². The Morgan fingerprint density at radius 2 is 1.84 bits per heavy atom. The second kappa shape index (κ2) is 4.75. The summed E-state index contributed by atoms with van der Waals surface area (Å²) in [6, 6.07) is 5.52. The summed E-state index contributed by atoms with van der Waals surface area (Å²) < 4.78 is 55.0. The van der Waals surface area contributed by atoms with Gasteiger partial charge in [-0.2, -0.15) is 13.2 Å². The van der Waals surface area contributed by atoms with Crippen molar-refractivity contribution in [3.8, 4) is 11.6 Å². The maximum Gasteiger partial charge on any atom is 0.417 e. The molecule has 0 aliphatic carbocycles. The van der Waals surface area contributed by atoms with E-state index in [2.05, 4.69) is 4.98 Å². The van der Waals surface area contributed by atoms with Crippen molar-refractivity contribution in [2.75, 3.05) is 5.73 Å². The molecule has 0 spiro atoms. The van der Waals surface area contributed by atoms with E-state index in [1.54, 1.807) is 0 Å². The first-order valence-corrected chi connectivity index (χ1v) is 5.12. The van der Waals surface area contributed by atoms with Crippen LogP contribution >= 0.6 is 0 Å². The summed E-state index contributed by atoms with van der Waals surface area (Å²) in [7, 11) is 0. The van der Waals surface area contributed by atoms with Crippen molar-refractivity contribution in [1.29, 1.82) is 0 Å². The van der Waals surface area contributed by atoms with E-state index in [1.165, 1.54) is 12.1 Å². The number of nitrogens with zero attached hydrogens (tertiary/aromatic N) is 1. The lowest BCUT2D eigenvalue weighted by Crippen LogP contribution is -2.05. The van der Waals surface area contributed by atoms with Crippen LogP contribution in [0.15, 0.2) is 36.5 Å². The van der Waals surface area contributed by atoms with Gasteiger partial charge in [-0.15, -0.1) is 0 Å². The zero-order valence-electron chi connectivity index (χ0n) is 9.41. The van der Waals surface area contributed by atoms with Crippen molar-refractivity contribution in [2.24, 2.45) is 0 Å². The van der Waals surface area contributed by atoms with E-state index in [-0.39, 0.29) is 17.3 Å². The van der Waals surface area contributed by atoms with Crippen LogP contribution in [0.2, 0.25) is 0 Å². The summed E-state index contributed by atoms with van der Waals surface area (Å²) >= 11 is 0. The number of ether oxygens (including phenoxy) is 1. The van der Waals surface area contributed by atoms with Crippen molar-refractivity contribution in [1.82, 2.24) is 4.98 Å². The van der Waals surface area contributed by atoms with Crippen LogP contribution in [0, 0.1) is 5.82 Å². The number of benzene rings is 1. The minimum Gasteiger partial charge on any atom is -0.439 e. The molecular weight excluding hydrogens is 264 g/mol. The van der Waals surface area contributed by atoms with E-state index in [1.807, 2.05) is 0 Å². The van der Waals surface area contributed by atoms with Gasteiger partial charge in [0.25, 0.3) is 0 Å². The molecule has 0 saturated carbocycles. The molecule has 0 saturated heterocycles. The Morgan fingerprint density at radius 3 is 2.37 bits per heavy atom. The van der Waals surface area contributed by atoms with Gasteiger partial charge >= 0.3 is 6.18 Å². The predicted molar refractivity (Wildman–Crippen MR) is 60.1 cm³/mol. The lowest BCUT2D eigenvalue weighted by molar-refractivity contribution is -0.137. The first kappa shape index (κ1) is 13.1. The molecule has 3 nitrogen and oxygen atoms in total. The fourth-order valence-electron chi connectivity index (χ4n) is 1.31. The Morgan fingerprint density at radius 1 is 1.11 bits per heavy atom. The van der Waals surface area contributed by atoms with Crippen LogP contribution in [-0.2, 0) is 6.18 Å². The summed E-state index contributed by atoms with van der Waals surface area (Å²) in [5.74, 6) is -0.460. The van der Waals surface area contributed by atoms with Crippen LogP contribution in [0.5, 0.6) is 11.6 Å². The highest BCUT2D eigenvalue weighted by Crippen LogP contribution is 2.30. The smallest absolute Gasteiger partial charge is 0.417 e. The SMILES string of the molecule is Nc1cc(Oc2ccc(C(F)(F)F)cn2)ccc1F. The maximum atomic E-state index is 12.9. The lowest BCUT2D eigenvalue weighted by Gasteiger charge is -2.08. The predicted octanol–water partition coefficient (Wildman–Crippen LogP) is 3.61. The molecule has 1 aromatic carbocycles. The van der Waals surface area contributed by atoms with Crippen molar-refractivity contribution in [3.05, 3.63) is 47.9 Å². The Kier molecular flexibility index (Phi) is 3.28. The highest BCUT2D eigenvalue weighted by atomic mass is 19.4. The number of hydrogen-bond donors (Lipinski definition) is 1. The third kappa shape index (κ3) is 3.12. The average molecular weight is 272 g/mol. The number of nitrogens with two attached hydrogens (primary N) is 1. The van der Waals surface area contributed by atoms with Gasteiger partial charge in [0.15, 0.2) is 0 Å². The zero-order chi connectivity index (χ0) is 14.0. The summed E-state index contributed by atoms with van der Waals surface area (Å²) in [5.41, 5.74) is 4.33. The van der Waals surface area contributed by atoms with Gasteiger partial charge in [0.05, 0.1) is 11.3 Å². The third-order valence-electron chi connectivity index (χ3n) is 2.25. The van der Waals surface area contributed by atoms with Crippen LogP contribution in [0.4, 0.5) is 23.2 Å². The van der Waals surface area contributed by atoms with Gasteiger partial charge in [0.2, 0.25) is 5.88 Å². The molecule has 19 heavy (non-hydrogen) atoms. The van der Waals surface area contributed by atoms with Crippen LogP contribution < -0.4 is 10.5 Å². The summed E-state index contributed by atoms with van der Waals surface area (Å²) in [4.78, 5) is 3.52. The second-order valence-electron chi connectivity index (χ2n) is 3.67. The molecule has 0 radical (unpaired) electrons. The maximum absolute atomic E-state index is 12.9. The molecule has 1 heterocycles. The van der Waals surface area contributed by atoms with E-state index < -0.39 is 17.6 Å². The normalized spacial score (nSPS) is 11.4. The van der Waals surface area contributed by atoms with E-state index in [0.717, 1.165) is 18.2 Å². The first-order valence-electron chi connectivity index (χ1n) is 5.12. The van der Waals surface area contributed by atoms with Gasteiger partial charge in [-0.1, -0.05) is 0 Å². The van der Waals surface area contributed by atoms with Crippen LogP contribution in [-0.4, -0.2) is 4.98 Å². The molecule has 0 aliphatic rings. The summed E-state index contributed by atoms with van der Waals surface area (Å²) in [6.07, 6.45) is -3.80. The topological polar surface area (TPSA) is 48.1 Å². The quantitative estimate of drug-likeness (QED) is 0.671. The van der Waals surface area contributed by atoms with Crippen LogP contribution in [0.25, 0.3) is 0 Å². The van der Waals surface area contributed by atoms with Gasteiger partial charge in [-0.25, -0.2) is 9.37 Å². The minimum absolute atomic E-state index is 0.0426. The largest absolute Gasteiger partial charge is 0.439 e. The van der Waals surface area contributed by atoms with Crippen molar-refractivity contribution >= 4 is 5.69 Å². The summed E-state index contributed by atoms with van der Waals surface area (Å²) in [6.45, 7) is 0. The molecular formula is C12H8F4N2O.